The summed E-state index contributed by atoms with van der Waals surface area (Å²) in [5.41, 5.74) is -0.208. The topological polar surface area (TPSA) is 127 Å². The number of hydrogen-bond acceptors (Lipinski definition) is 7. The number of amides is 3. The van der Waals surface area contributed by atoms with E-state index in [-0.39, 0.29) is 22.7 Å². The molecule has 180 valence electrons. The van der Waals surface area contributed by atoms with Crippen molar-refractivity contribution in [3.63, 3.8) is 0 Å². The van der Waals surface area contributed by atoms with Gasteiger partial charge in [0.1, 0.15) is 12.3 Å². The number of hydrogen-bond donors (Lipinski definition) is 0. The number of imide groups is 1. The summed E-state index contributed by atoms with van der Waals surface area (Å²) in [5, 5.41) is 12.8. The molecule has 1 aliphatic heterocycles. The van der Waals surface area contributed by atoms with Crippen LogP contribution >= 0.6 is 0 Å². The molecule has 10 heteroatoms. The third-order valence-corrected chi connectivity index (χ3v) is 6.33. The molecule has 1 saturated heterocycles. The number of carbonyl (C=O) groups is 4. The fourth-order valence-corrected chi connectivity index (χ4v) is 4.51. The highest BCUT2D eigenvalue weighted by molar-refractivity contribution is 6.10. The average Bonchev–Trinajstić information content (AvgIpc) is 3.12. The Labute approximate surface area is 200 Å². The average molecular weight is 477 g/mol. The number of nitro benzene ring substituents is 1. The molecule has 1 aliphatic carbocycles. The maximum absolute atomic E-state index is 13.5. The van der Waals surface area contributed by atoms with Crippen LogP contribution in [0.2, 0.25) is 0 Å². The normalized spacial score (nSPS) is 21.0. The standard InChI is InChI=1S/C25H23N3O7/c1-15-5-3-8-20-22(15)25(32)27(24(20)31)26(14-21(29)16-9-11-19(35-2)12-10-16)23(30)17-6-4-7-18(13-17)28(33)34/h3-7,9-13,15,20,22H,8,14H2,1-2H3/t15-,20+,22-/m0/s1. The Morgan fingerprint density at radius 1 is 1.11 bits per heavy atom. The number of benzene rings is 2. The summed E-state index contributed by atoms with van der Waals surface area (Å²) >= 11 is 0. The van der Waals surface area contributed by atoms with Crippen LogP contribution in [0.1, 0.15) is 34.1 Å². The van der Waals surface area contributed by atoms with Crippen LogP contribution in [-0.2, 0) is 9.59 Å². The molecule has 0 radical (unpaired) electrons. The number of ether oxygens (including phenoxy) is 1. The molecule has 0 unspecified atom stereocenters. The van der Waals surface area contributed by atoms with E-state index in [1.54, 1.807) is 12.1 Å². The maximum atomic E-state index is 13.5. The summed E-state index contributed by atoms with van der Waals surface area (Å²) < 4.78 is 5.10. The summed E-state index contributed by atoms with van der Waals surface area (Å²) in [7, 11) is 1.48. The first-order chi connectivity index (χ1) is 16.7. The minimum atomic E-state index is -0.864. The molecule has 2 aliphatic rings. The lowest BCUT2D eigenvalue weighted by molar-refractivity contribution is -0.384. The summed E-state index contributed by atoms with van der Waals surface area (Å²) in [5.74, 6) is -3.51. The number of fused-ring (bicyclic) bond motifs is 1. The van der Waals surface area contributed by atoms with Gasteiger partial charge in [-0.25, -0.2) is 5.01 Å². The molecule has 3 atom stereocenters. The summed E-state index contributed by atoms with van der Waals surface area (Å²) in [6, 6.07) is 11.1. The first-order valence-corrected chi connectivity index (χ1v) is 11.0. The molecule has 0 bridgehead atoms. The lowest BCUT2D eigenvalue weighted by Crippen LogP contribution is -2.52. The van der Waals surface area contributed by atoms with Crippen molar-refractivity contribution in [3.05, 3.63) is 81.9 Å². The van der Waals surface area contributed by atoms with Gasteiger partial charge in [0.2, 0.25) is 0 Å². The van der Waals surface area contributed by atoms with Gasteiger partial charge in [0, 0.05) is 23.3 Å². The van der Waals surface area contributed by atoms with Crippen molar-refractivity contribution in [3.8, 4) is 5.75 Å². The van der Waals surface area contributed by atoms with Gasteiger partial charge in [0.25, 0.3) is 23.4 Å². The van der Waals surface area contributed by atoms with E-state index in [0.717, 1.165) is 16.1 Å². The highest BCUT2D eigenvalue weighted by Gasteiger charge is 2.53. The van der Waals surface area contributed by atoms with Crippen LogP contribution in [0.3, 0.4) is 0 Å². The lowest BCUT2D eigenvalue weighted by Gasteiger charge is -2.30. The van der Waals surface area contributed by atoms with Crippen LogP contribution < -0.4 is 4.74 Å². The summed E-state index contributed by atoms with van der Waals surface area (Å²) in [6.07, 6.45) is 4.03. The van der Waals surface area contributed by atoms with E-state index in [1.165, 1.54) is 37.4 Å². The van der Waals surface area contributed by atoms with Crippen molar-refractivity contribution in [2.24, 2.45) is 17.8 Å². The summed E-state index contributed by atoms with van der Waals surface area (Å²) in [6.45, 7) is 1.21. The van der Waals surface area contributed by atoms with Crippen molar-refractivity contribution >= 4 is 29.2 Å². The first-order valence-electron chi connectivity index (χ1n) is 11.0. The van der Waals surface area contributed by atoms with E-state index in [0.29, 0.717) is 12.2 Å². The molecular weight excluding hydrogens is 454 g/mol. The fourth-order valence-electron chi connectivity index (χ4n) is 4.51. The van der Waals surface area contributed by atoms with Crippen LogP contribution in [0.4, 0.5) is 5.69 Å². The van der Waals surface area contributed by atoms with Crippen molar-refractivity contribution in [1.82, 2.24) is 10.0 Å². The van der Waals surface area contributed by atoms with Crippen LogP contribution in [0.25, 0.3) is 0 Å². The van der Waals surface area contributed by atoms with Gasteiger partial charge in [-0.2, -0.15) is 5.01 Å². The largest absolute Gasteiger partial charge is 0.497 e. The maximum Gasteiger partial charge on any atom is 0.273 e. The number of hydrazine groups is 1. The second-order valence-corrected chi connectivity index (χ2v) is 8.47. The zero-order valence-corrected chi connectivity index (χ0v) is 19.1. The molecule has 2 aromatic carbocycles. The molecule has 0 aromatic heterocycles. The Kier molecular flexibility index (Phi) is 6.46. The number of nitrogens with zero attached hydrogens (tertiary/aromatic N) is 3. The molecule has 3 amide bonds. The molecule has 0 spiro atoms. The van der Waals surface area contributed by atoms with Crippen molar-refractivity contribution in [2.75, 3.05) is 13.7 Å². The third kappa shape index (κ3) is 4.42. The second-order valence-electron chi connectivity index (χ2n) is 8.47. The van der Waals surface area contributed by atoms with Gasteiger partial charge in [-0.15, -0.1) is 0 Å². The minimum Gasteiger partial charge on any atom is -0.497 e. The third-order valence-electron chi connectivity index (χ3n) is 6.33. The monoisotopic (exact) mass is 477 g/mol. The van der Waals surface area contributed by atoms with Crippen LogP contribution in [0, 0.1) is 27.9 Å². The molecule has 1 fully saturated rings. The SMILES string of the molecule is COc1ccc(C(=O)CN(C(=O)c2cccc([N+](=O)[O-])c2)N2C(=O)[C@H]3[C@@H](C)C=CC[C@H]3C2=O)cc1. The van der Waals surface area contributed by atoms with Gasteiger partial charge in [0.05, 0.1) is 23.9 Å². The molecule has 4 rings (SSSR count). The second kappa shape index (κ2) is 9.49. The first kappa shape index (κ1) is 23.8. The van der Waals surface area contributed by atoms with E-state index >= 15 is 0 Å². The number of non-ortho nitro benzene ring substituents is 1. The van der Waals surface area contributed by atoms with Gasteiger partial charge in [-0.3, -0.25) is 29.3 Å². The van der Waals surface area contributed by atoms with E-state index in [1.807, 2.05) is 19.1 Å². The number of rotatable bonds is 7. The molecule has 0 N–H and O–H groups in total. The number of ketones is 1. The van der Waals surface area contributed by atoms with Gasteiger partial charge in [-0.05, 0) is 42.7 Å². The lowest BCUT2D eigenvalue weighted by atomic mass is 9.78. The van der Waals surface area contributed by atoms with Crippen LogP contribution in [0.15, 0.2) is 60.7 Å². The van der Waals surface area contributed by atoms with E-state index in [2.05, 4.69) is 0 Å². The number of carbonyl (C=O) groups excluding carboxylic acids is 4. The Morgan fingerprint density at radius 3 is 2.46 bits per heavy atom. The Morgan fingerprint density at radius 2 is 1.83 bits per heavy atom. The Balaban J connectivity index is 1.71. The number of allylic oxidation sites excluding steroid dienone is 2. The Hall–Kier alpha value is -4.34. The van der Waals surface area contributed by atoms with E-state index in [4.69, 9.17) is 4.74 Å². The predicted octanol–water partition coefficient (Wildman–Crippen LogP) is 3.04. The Bertz CT molecular complexity index is 1240. The van der Waals surface area contributed by atoms with Gasteiger partial charge in [0.15, 0.2) is 5.78 Å². The quantitative estimate of drug-likeness (QED) is 0.197. The number of nitro groups is 1. The van der Waals surface area contributed by atoms with Crippen LogP contribution in [0.5, 0.6) is 5.75 Å². The number of methoxy groups -OCH3 is 1. The predicted molar refractivity (Wildman–Crippen MR) is 123 cm³/mol. The highest BCUT2D eigenvalue weighted by Crippen LogP contribution is 2.39. The van der Waals surface area contributed by atoms with Gasteiger partial charge in [-0.1, -0.05) is 25.1 Å². The number of Topliss-reactive ketones (excluding diaryl/α,β-unsaturated/α-hetero) is 1. The molecule has 0 saturated carbocycles. The van der Waals surface area contributed by atoms with E-state index in [9.17, 15) is 29.3 Å². The van der Waals surface area contributed by atoms with Gasteiger partial charge < -0.3 is 4.74 Å². The molecular formula is C25H23N3O7. The summed E-state index contributed by atoms with van der Waals surface area (Å²) in [4.78, 5) is 63.8. The van der Waals surface area contributed by atoms with Crippen LogP contribution in [-0.4, -0.2) is 52.1 Å². The van der Waals surface area contributed by atoms with Crippen molar-refractivity contribution in [2.45, 2.75) is 13.3 Å². The zero-order chi connectivity index (χ0) is 25.3. The van der Waals surface area contributed by atoms with Crippen molar-refractivity contribution in [1.29, 1.82) is 0 Å². The molecule has 10 nitrogen and oxygen atoms in total. The smallest absolute Gasteiger partial charge is 0.273 e. The van der Waals surface area contributed by atoms with E-state index < -0.39 is 46.8 Å². The molecule has 2 aromatic rings. The van der Waals surface area contributed by atoms with Crippen molar-refractivity contribution < 1.29 is 28.8 Å². The molecule has 1 heterocycles. The minimum absolute atomic E-state index is 0.122. The highest BCUT2D eigenvalue weighted by atomic mass is 16.6. The zero-order valence-electron chi connectivity index (χ0n) is 19.1. The fraction of sp³-hybridized carbons (Fsp3) is 0.280. The van der Waals surface area contributed by atoms with Gasteiger partial charge >= 0.3 is 0 Å². The molecule has 35 heavy (non-hydrogen) atoms.